The highest BCUT2D eigenvalue weighted by Gasteiger charge is 2.28. The molecule has 0 bridgehead atoms. The molecular weight excluding hydrogens is 912 g/mol. The Labute approximate surface area is 448 Å². The lowest BCUT2D eigenvalue weighted by Crippen LogP contribution is -2.46. The van der Waals surface area contributed by atoms with Crippen molar-refractivity contribution < 1.29 is 32.9 Å². The molecule has 0 aromatic carbocycles. The zero-order valence-electron chi connectivity index (χ0n) is 48.4. The maximum Gasteiger partial charge on any atom is 0.472 e. The van der Waals surface area contributed by atoms with E-state index < -0.39 is 20.0 Å². The minimum absolute atomic E-state index is 0.0757. The van der Waals surface area contributed by atoms with Crippen LogP contribution < -0.4 is 5.32 Å². The lowest BCUT2D eigenvalue weighted by atomic mass is 10.0. The average molecular weight is 1030 g/mol. The largest absolute Gasteiger partial charge is 0.472 e. The Morgan fingerprint density at radius 2 is 0.833 bits per heavy atom. The quantitative estimate of drug-likeness (QED) is 0.0243. The Kier molecular flexibility index (Phi) is 53.1. The molecule has 3 unspecified atom stereocenters. The van der Waals surface area contributed by atoms with E-state index in [1.807, 2.05) is 21.1 Å². The summed E-state index contributed by atoms with van der Waals surface area (Å²) in [5.74, 6) is -0.140. The van der Waals surface area contributed by atoms with E-state index in [0.29, 0.717) is 23.9 Å². The molecule has 8 nitrogen and oxygen atoms in total. The number of amides is 1. The van der Waals surface area contributed by atoms with Gasteiger partial charge in [0.1, 0.15) is 13.2 Å². The van der Waals surface area contributed by atoms with E-state index in [1.54, 1.807) is 0 Å². The van der Waals surface area contributed by atoms with Crippen molar-refractivity contribution in [2.24, 2.45) is 0 Å². The number of rotatable bonds is 57. The van der Waals surface area contributed by atoms with Crippen molar-refractivity contribution in [2.45, 2.75) is 309 Å². The molecule has 3 atom stereocenters. The molecule has 0 aliphatic carbocycles. The molecular formula is C63H122N2O6P+. The third-order valence-electron chi connectivity index (χ3n) is 14.1. The standard InChI is InChI=1S/C63H121N2O6P/c1-6-8-10-12-14-16-18-20-22-24-26-27-28-29-30-31-32-33-34-35-36-37-39-41-43-45-47-49-51-53-55-57-63(67)64-61(60-71-72(68,69)70-59-58-65(3,4)5)62(66)56-54-52-50-48-46-44-42-40-38-25-23-21-19-17-15-13-11-9-7-2/h8,10,14,16,20,22,26-27,61-62,66H,6-7,9,11-13,15,17-19,21,23-25,28-60H2,1-5H3,(H-,64,67,68,69)/p+1/b10-8-,16-14-,22-20-,27-26-. The molecule has 72 heavy (non-hydrogen) atoms. The van der Waals surface area contributed by atoms with Crippen molar-refractivity contribution in [2.75, 3.05) is 40.9 Å². The van der Waals surface area contributed by atoms with Crippen molar-refractivity contribution in [1.82, 2.24) is 5.32 Å². The molecule has 0 spiro atoms. The third-order valence-corrected chi connectivity index (χ3v) is 15.1. The average Bonchev–Trinajstić information content (AvgIpc) is 3.34. The number of nitrogens with one attached hydrogen (secondary N) is 1. The summed E-state index contributed by atoms with van der Waals surface area (Å²) >= 11 is 0. The predicted molar refractivity (Wildman–Crippen MR) is 314 cm³/mol. The van der Waals surface area contributed by atoms with Gasteiger partial charge in [-0.15, -0.1) is 0 Å². The fraction of sp³-hybridized carbons (Fsp3) is 0.857. The van der Waals surface area contributed by atoms with Gasteiger partial charge in [-0.05, 0) is 51.4 Å². The minimum atomic E-state index is -4.32. The number of aliphatic hydroxyl groups is 1. The van der Waals surface area contributed by atoms with E-state index in [0.717, 1.165) is 64.2 Å². The predicted octanol–water partition coefficient (Wildman–Crippen LogP) is 19.1. The fourth-order valence-corrected chi connectivity index (χ4v) is 10.0. The summed E-state index contributed by atoms with van der Waals surface area (Å²) in [7, 11) is 1.63. The molecule has 0 aliphatic rings. The fourth-order valence-electron chi connectivity index (χ4n) is 9.28. The summed E-state index contributed by atoms with van der Waals surface area (Å²) in [5.41, 5.74) is 0. The Morgan fingerprint density at radius 1 is 0.486 bits per heavy atom. The third kappa shape index (κ3) is 56.2. The first-order valence-electron chi connectivity index (χ1n) is 31.0. The van der Waals surface area contributed by atoms with Gasteiger partial charge in [-0.1, -0.05) is 287 Å². The van der Waals surface area contributed by atoms with Gasteiger partial charge in [0.05, 0.1) is 39.9 Å². The summed E-state index contributed by atoms with van der Waals surface area (Å²) in [6.07, 6.45) is 71.8. The van der Waals surface area contributed by atoms with Crippen molar-refractivity contribution in [3.8, 4) is 0 Å². The molecule has 0 saturated heterocycles. The van der Waals surface area contributed by atoms with Crippen molar-refractivity contribution >= 4 is 13.7 Å². The molecule has 0 radical (unpaired) electrons. The zero-order chi connectivity index (χ0) is 52.7. The van der Waals surface area contributed by atoms with Crippen LogP contribution in [0.4, 0.5) is 0 Å². The normalized spacial score (nSPS) is 14.2. The molecule has 0 aliphatic heterocycles. The summed E-state index contributed by atoms with van der Waals surface area (Å²) in [5, 5.41) is 14.1. The number of hydrogen-bond donors (Lipinski definition) is 3. The van der Waals surface area contributed by atoms with Crippen LogP contribution in [0.25, 0.3) is 0 Å². The summed E-state index contributed by atoms with van der Waals surface area (Å²) in [6, 6.07) is -0.761. The van der Waals surface area contributed by atoms with Crippen molar-refractivity contribution in [3.05, 3.63) is 48.6 Å². The van der Waals surface area contributed by atoms with Gasteiger partial charge >= 0.3 is 7.82 Å². The summed E-state index contributed by atoms with van der Waals surface area (Å²) in [4.78, 5) is 23.4. The number of likely N-dealkylation sites (N-methyl/N-ethyl adjacent to an activating group) is 1. The van der Waals surface area contributed by atoms with Crippen LogP contribution in [0.2, 0.25) is 0 Å². The maximum atomic E-state index is 13.0. The number of nitrogens with zero attached hydrogens (tertiary/aromatic N) is 1. The van der Waals surface area contributed by atoms with Gasteiger partial charge in [-0.25, -0.2) is 4.57 Å². The first-order valence-corrected chi connectivity index (χ1v) is 32.5. The smallest absolute Gasteiger partial charge is 0.391 e. The Morgan fingerprint density at radius 3 is 1.22 bits per heavy atom. The topological polar surface area (TPSA) is 105 Å². The molecule has 0 aromatic rings. The molecule has 0 heterocycles. The SMILES string of the molecule is CC/C=C\C/C=C\C/C=C\C/C=C\CCCCCCCCCCCCCCCCCCCCC(=O)NC(COP(=O)(O)OCC[N+](C)(C)C)C(O)CCCCCCCCCCCCCCCCCCCCC. The molecule has 1 amide bonds. The van der Waals surface area contributed by atoms with Crippen LogP contribution in [0.5, 0.6) is 0 Å². The van der Waals surface area contributed by atoms with Gasteiger partial charge in [0.2, 0.25) is 5.91 Å². The van der Waals surface area contributed by atoms with Gasteiger partial charge in [0, 0.05) is 6.42 Å². The second kappa shape index (κ2) is 54.3. The highest BCUT2D eigenvalue weighted by Crippen LogP contribution is 2.43. The van der Waals surface area contributed by atoms with Gasteiger partial charge in [0.15, 0.2) is 0 Å². The number of carbonyl (C=O) groups is 1. The van der Waals surface area contributed by atoms with E-state index in [4.69, 9.17) is 9.05 Å². The summed E-state index contributed by atoms with van der Waals surface area (Å²) in [6.45, 7) is 4.81. The first-order chi connectivity index (χ1) is 35.0. The number of unbranched alkanes of at least 4 members (excludes halogenated alkanes) is 36. The van der Waals surface area contributed by atoms with Crippen LogP contribution in [-0.2, 0) is 18.4 Å². The van der Waals surface area contributed by atoms with Crippen LogP contribution in [0.3, 0.4) is 0 Å². The van der Waals surface area contributed by atoms with Gasteiger partial charge < -0.3 is 19.8 Å². The van der Waals surface area contributed by atoms with Crippen LogP contribution in [0, 0.1) is 0 Å². The van der Waals surface area contributed by atoms with E-state index in [-0.39, 0.29) is 19.1 Å². The van der Waals surface area contributed by atoms with Gasteiger partial charge in [-0.2, -0.15) is 0 Å². The molecule has 3 N–H and O–H groups in total. The highest BCUT2D eigenvalue weighted by molar-refractivity contribution is 7.47. The second-order valence-electron chi connectivity index (χ2n) is 22.4. The van der Waals surface area contributed by atoms with Gasteiger partial charge in [0.25, 0.3) is 0 Å². The van der Waals surface area contributed by atoms with E-state index in [2.05, 4.69) is 67.8 Å². The Hall–Kier alpha value is -1.54. The number of allylic oxidation sites excluding steroid dienone is 8. The Bertz CT molecular complexity index is 1310. The highest BCUT2D eigenvalue weighted by atomic mass is 31.2. The van der Waals surface area contributed by atoms with Crippen LogP contribution in [0.15, 0.2) is 48.6 Å². The zero-order valence-corrected chi connectivity index (χ0v) is 49.3. The minimum Gasteiger partial charge on any atom is -0.391 e. The lowest BCUT2D eigenvalue weighted by molar-refractivity contribution is -0.870. The number of phosphoric ester groups is 1. The van der Waals surface area contributed by atoms with E-state index in [9.17, 15) is 19.4 Å². The van der Waals surface area contributed by atoms with E-state index >= 15 is 0 Å². The van der Waals surface area contributed by atoms with Crippen LogP contribution in [0.1, 0.15) is 296 Å². The number of phosphoric acid groups is 1. The van der Waals surface area contributed by atoms with Crippen molar-refractivity contribution in [3.63, 3.8) is 0 Å². The van der Waals surface area contributed by atoms with Crippen molar-refractivity contribution in [1.29, 1.82) is 0 Å². The Balaban J connectivity index is 4.05. The molecule has 0 fully saturated rings. The van der Waals surface area contributed by atoms with E-state index in [1.165, 1.54) is 205 Å². The molecule has 0 aromatic heterocycles. The number of carbonyl (C=O) groups excluding carboxylic acids is 1. The lowest BCUT2D eigenvalue weighted by Gasteiger charge is -2.26. The molecule has 0 rings (SSSR count). The molecule has 9 heteroatoms. The van der Waals surface area contributed by atoms with Gasteiger partial charge in [-0.3, -0.25) is 13.8 Å². The summed E-state index contributed by atoms with van der Waals surface area (Å²) < 4.78 is 23.8. The molecule has 424 valence electrons. The number of quaternary nitrogens is 1. The van der Waals surface area contributed by atoms with Crippen LogP contribution >= 0.6 is 7.82 Å². The molecule has 0 saturated carbocycles. The number of hydrogen-bond acceptors (Lipinski definition) is 5. The number of aliphatic hydroxyl groups excluding tert-OH is 1. The maximum absolute atomic E-state index is 13.0. The first kappa shape index (κ1) is 70.5. The second-order valence-corrected chi connectivity index (χ2v) is 23.9. The van der Waals surface area contributed by atoms with Crippen LogP contribution in [-0.4, -0.2) is 73.4 Å². The monoisotopic (exact) mass is 1030 g/mol.